The summed E-state index contributed by atoms with van der Waals surface area (Å²) < 4.78 is 16.8. The van der Waals surface area contributed by atoms with Gasteiger partial charge in [0.15, 0.2) is 0 Å². The van der Waals surface area contributed by atoms with Crippen LogP contribution in [0.4, 0.5) is 0 Å². The molecule has 5 N–H and O–H groups in total. The highest BCUT2D eigenvalue weighted by molar-refractivity contribution is 5.83. The predicted molar refractivity (Wildman–Crippen MR) is 207 cm³/mol. The van der Waals surface area contributed by atoms with Gasteiger partial charge in [-0.1, -0.05) is 59.8 Å². The smallest absolute Gasteiger partial charge is 0.219 e. The lowest BCUT2D eigenvalue weighted by Gasteiger charge is -2.29. The Balaban J connectivity index is -0.000000286. The highest BCUT2D eigenvalue weighted by Crippen LogP contribution is 2.29. The molecule has 0 aromatic heterocycles. The van der Waals surface area contributed by atoms with Crippen LogP contribution in [0, 0.1) is 17.8 Å². The van der Waals surface area contributed by atoms with Crippen LogP contribution in [0.2, 0.25) is 0 Å². The molecular formula is C40H82N2O8. The van der Waals surface area contributed by atoms with Crippen molar-refractivity contribution in [1.82, 2.24) is 0 Å². The summed E-state index contributed by atoms with van der Waals surface area (Å²) in [5.74, 6) is 1.43. The van der Waals surface area contributed by atoms with Crippen LogP contribution in [0.5, 0.6) is 0 Å². The fraction of sp³-hybridized carbons (Fsp3) is 0.900. The summed E-state index contributed by atoms with van der Waals surface area (Å²) in [4.78, 5) is 42.5. The van der Waals surface area contributed by atoms with Crippen LogP contribution in [0.1, 0.15) is 174 Å². The number of hydrogen-bond acceptors (Lipinski definition) is 8. The fourth-order valence-electron chi connectivity index (χ4n) is 5.58. The zero-order valence-corrected chi connectivity index (χ0v) is 33.5. The number of hydrogen-bond donors (Lipinski definition) is 3. The van der Waals surface area contributed by atoms with E-state index in [9.17, 15) is 19.2 Å². The average Bonchev–Trinajstić information content (AvgIpc) is 2.98. The van der Waals surface area contributed by atoms with E-state index in [1.165, 1.54) is 32.1 Å². The maximum atomic E-state index is 11.1. The first kappa shape index (κ1) is 50.2. The normalized spacial score (nSPS) is 20.3. The lowest BCUT2D eigenvalue weighted by molar-refractivity contribution is -0.128. The third-order valence-corrected chi connectivity index (χ3v) is 8.80. The first-order valence-electron chi connectivity index (χ1n) is 19.8. The maximum absolute atomic E-state index is 11.1. The number of rotatable bonds is 13. The standard InChI is InChI=1S/C12H23NO3.C9H17NO2.C8H14O.C6H10O.C3H8O.C2H6.2H2/c1-9(2)16-11-5-3-10(4-6-11)15-8-7-12(13)14;10-9(11)6-7-12-8-4-2-1-3-5-8;1-6(2)8(9)7-4-3-5-7;1-5(7)6-3-2-4-6;1-3(2)4;1-2;;/h9-11H,3-8H2,1-2H3,(H2,13,14);8H,1-7H2,(H2,10,11);6-7H,3-5H2,1-2H3;6H,2-4H2,1H3;3-4H,1-2H3;1-2H3;2*1H. The third-order valence-electron chi connectivity index (χ3n) is 8.80. The molecule has 0 atom stereocenters. The van der Waals surface area contributed by atoms with Gasteiger partial charge in [-0.15, -0.1) is 0 Å². The van der Waals surface area contributed by atoms with Crippen LogP contribution in [-0.2, 0) is 33.4 Å². The van der Waals surface area contributed by atoms with Crippen LogP contribution < -0.4 is 11.5 Å². The molecule has 0 aromatic rings. The van der Waals surface area contributed by atoms with Gasteiger partial charge in [-0.25, -0.2) is 0 Å². The molecule has 0 aliphatic heterocycles. The Morgan fingerprint density at radius 2 is 1.00 bits per heavy atom. The van der Waals surface area contributed by atoms with E-state index in [0.29, 0.717) is 67.8 Å². The number of carbonyl (C=O) groups is 4. The predicted octanol–water partition coefficient (Wildman–Crippen LogP) is 8.12. The van der Waals surface area contributed by atoms with Gasteiger partial charge >= 0.3 is 0 Å². The number of primary amides is 2. The summed E-state index contributed by atoms with van der Waals surface area (Å²) in [5.41, 5.74) is 10.0. The number of amides is 2. The van der Waals surface area contributed by atoms with E-state index in [1.54, 1.807) is 20.8 Å². The van der Waals surface area contributed by atoms with Gasteiger partial charge in [0.05, 0.1) is 37.6 Å². The molecule has 0 bridgehead atoms. The van der Waals surface area contributed by atoms with E-state index in [0.717, 1.165) is 64.2 Å². The van der Waals surface area contributed by atoms with Gasteiger partial charge in [-0.05, 0) is 98.8 Å². The molecular weight excluding hydrogens is 636 g/mol. The van der Waals surface area contributed by atoms with Crippen LogP contribution in [-0.4, -0.2) is 72.2 Å². The second kappa shape index (κ2) is 31.8. The van der Waals surface area contributed by atoms with Crippen molar-refractivity contribution in [1.29, 1.82) is 0 Å². The number of carbonyl (C=O) groups excluding carboxylic acids is 4. The minimum Gasteiger partial charge on any atom is -0.394 e. The molecule has 4 aliphatic carbocycles. The molecule has 4 rings (SSSR count). The fourth-order valence-corrected chi connectivity index (χ4v) is 5.58. The van der Waals surface area contributed by atoms with Crippen LogP contribution in [0.3, 0.4) is 0 Å². The Hall–Kier alpha value is -1.88. The number of ketones is 2. The Labute approximate surface area is 308 Å². The molecule has 4 fully saturated rings. The van der Waals surface area contributed by atoms with Gasteiger partial charge in [0, 0.05) is 39.6 Å². The van der Waals surface area contributed by atoms with Crippen molar-refractivity contribution in [3.8, 4) is 0 Å². The minimum absolute atomic E-state index is 0. The Kier molecular flexibility index (Phi) is 32.0. The van der Waals surface area contributed by atoms with Crippen molar-refractivity contribution in [2.45, 2.75) is 202 Å². The number of nitrogens with two attached hydrogens (primary N) is 2. The molecule has 4 aliphatic rings. The van der Waals surface area contributed by atoms with Gasteiger partial charge < -0.3 is 30.8 Å². The molecule has 10 nitrogen and oxygen atoms in total. The molecule has 0 aromatic carbocycles. The first-order valence-corrected chi connectivity index (χ1v) is 19.8. The van der Waals surface area contributed by atoms with Gasteiger partial charge in [0.2, 0.25) is 11.8 Å². The maximum Gasteiger partial charge on any atom is 0.219 e. The topological polar surface area (TPSA) is 168 Å². The zero-order chi connectivity index (χ0) is 38.5. The van der Waals surface area contributed by atoms with E-state index in [2.05, 4.69) is 13.8 Å². The second-order valence-electron chi connectivity index (χ2n) is 14.5. The minimum atomic E-state index is -0.295. The Bertz CT molecular complexity index is 867. The summed E-state index contributed by atoms with van der Waals surface area (Å²) >= 11 is 0. The average molecular weight is 719 g/mol. The number of aliphatic hydroxyl groups is 1. The molecule has 10 heteroatoms. The van der Waals surface area contributed by atoms with Crippen molar-refractivity contribution in [3.05, 3.63) is 0 Å². The molecule has 4 saturated carbocycles. The van der Waals surface area contributed by atoms with Gasteiger partial charge in [0.1, 0.15) is 11.6 Å². The Morgan fingerprint density at radius 1 is 0.620 bits per heavy atom. The van der Waals surface area contributed by atoms with Crippen LogP contribution in [0.25, 0.3) is 0 Å². The number of aliphatic hydroxyl groups excluding tert-OH is 1. The summed E-state index contributed by atoms with van der Waals surface area (Å²) in [6.07, 6.45) is 19.3. The quantitative estimate of drug-likeness (QED) is 0.172. The number of ether oxygens (including phenoxy) is 3. The van der Waals surface area contributed by atoms with Crippen LogP contribution >= 0.6 is 0 Å². The van der Waals surface area contributed by atoms with Gasteiger partial charge in [-0.2, -0.15) is 0 Å². The SMILES string of the molecule is CC.CC(=O)C1CCC1.CC(C)C(=O)C1CCC1.CC(C)O.CC(C)OC1CCC(OCCC(N)=O)CC1.NC(=O)CCOC1CCCCC1.[HH].[HH]. The van der Waals surface area contributed by atoms with Crippen LogP contribution in [0.15, 0.2) is 0 Å². The highest BCUT2D eigenvalue weighted by Gasteiger charge is 2.26. The molecule has 2 amide bonds. The molecule has 300 valence electrons. The van der Waals surface area contributed by atoms with E-state index in [-0.39, 0.29) is 32.8 Å². The van der Waals surface area contributed by atoms with E-state index in [1.807, 2.05) is 27.7 Å². The first-order chi connectivity index (χ1) is 23.6. The third kappa shape index (κ3) is 29.8. The van der Waals surface area contributed by atoms with E-state index >= 15 is 0 Å². The highest BCUT2D eigenvalue weighted by atomic mass is 16.5. The molecule has 0 radical (unpaired) electrons. The molecule has 0 spiro atoms. The molecule has 0 heterocycles. The summed E-state index contributed by atoms with van der Waals surface area (Å²) in [7, 11) is 0. The second-order valence-corrected chi connectivity index (χ2v) is 14.5. The number of Topliss-reactive ketones (excluding diaryl/α,β-unsaturated/α-hetero) is 2. The monoisotopic (exact) mass is 719 g/mol. The molecule has 0 unspecified atom stereocenters. The summed E-state index contributed by atoms with van der Waals surface area (Å²) in [5, 5.41) is 8.06. The van der Waals surface area contributed by atoms with E-state index < -0.39 is 0 Å². The molecule has 50 heavy (non-hydrogen) atoms. The molecule has 0 saturated heterocycles. The van der Waals surface area contributed by atoms with Crippen molar-refractivity contribution >= 4 is 23.4 Å². The lowest BCUT2D eigenvalue weighted by Crippen LogP contribution is -2.29. The largest absolute Gasteiger partial charge is 0.394 e. The summed E-state index contributed by atoms with van der Waals surface area (Å²) in [6, 6.07) is 0. The van der Waals surface area contributed by atoms with Gasteiger partial charge in [0.25, 0.3) is 0 Å². The van der Waals surface area contributed by atoms with Crippen molar-refractivity contribution in [2.75, 3.05) is 13.2 Å². The lowest BCUT2D eigenvalue weighted by atomic mass is 9.79. The van der Waals surface area contributed by atoms with E-state index in [4.69, 9.17) is 30.8 Å². The summed E-state index contributed by atoms with van der Waals surface area (Å²) in [6.45, 7) is 18.2. The Morgan fingerprint density at radius 3 is 1.26 bits per heavy atom. The van der Waals surface area contributed by atoms with Gasteiger partial charge in [-0.3, -0.25) is 19.2 Å². The zero-order valence-electron chi connectivity index (χ0n) is 33.5. The van der Waals surface area contributed by atoms with Crippen molar-refractivity contribution < 1.29 is 41.3 Å². The van der Waals surface area contributed by atoms with Crippen molar-refractivity contribution in [3.63, 3.8) is 0 Å². The van der Waals surface area contributed by atoms with Crippen molar-refractivity contribution in [2.24, 2.45) is 29.2 Å².